The first kappa shape index (κ1) is 22.8. The van der Waals surface area contributed by atoms with E-state index < -0.39 is 6.04 Å². The lowest BCUT2D eigenvalue weighted by molar-refractivity contribution is -0.121. The van der Waals surface area contributed by atoms with E-state index in [2.05, 4.69) is 5.32 Å². The lowest BCUT2D eigenvalue weighted by atomic mass is 9.90. The maximum atomic E-state index is 12.6. The van der Waals surface area contributed by atoms with E-state index in [1.54, 1.807) is 24.8 Å². The number of ether oxygens (including phenoxy) is 1. The molecule has 1 atom stereocenters. The molecule has 1 amide bonds. The molecule has 170 valence electrons. The standard InChI is InChI=1S/C26H26ClN3O3/c1-5-28-24(31)13-23-20-12-25(32)30(3)14-22(20)19-9-7-17(33-4)11-21(19)26(29-23)18-8-6-16(27)10-15(18)2/h6-12,14,23H,5,13H2,1-4H3,(H,28,31). The van der Waals surface area contributed by atoms with E-state index in [0.29, 0.717) is 17.3 Å². The van der Waals surface area contributed by atoms with Gasteiger partial charge in [-0.25, -0.2) is 0 Å². The molecule has 0 aliphatic carbocycles. The predicted molar refractivity (Wildman–Crippen MR) is 132 cm³/mol. The number of nitrogens with zero attached hydrogens (tertiary/aromatic N) is 2. The van der Waals surface area contributed by atoms with Crippen LogP contribution in [-0.4, -0.2) is 29.8 Å². The molecule has 0 saturated heterocycles. The Bertz CT molecular complexity index is 1330. The summed E-state index contributed by atoms with van der Waals surface area (Å²) in [5.41, 5.74) is 5.87. The molecular weight excluding hydrogens is 438 g/mol. The molecule has 1 aliphatic heterocycles. The number of nitrogens with one attached hydrogen (secondary N) is 1. The van der Waals surface area contributed by atoms with Gasteiger partial charge in [-0.3, -0.25) is 14.6 Å². The number of benzene rings is 2. The van der Waals surface area contributed by atoms with Crippen molar-refractivity contribution in [3.63, 3.8) is 0 Å². The monoisotopic (exact) mass is 463 g/mol. The first-order valence-corrected chi connectivity index (χ1v) is 11.2. The summed E-state index contributed by atoms with van der Waals surface area (Å²) >= 11 is 6.23. The molecule has 1 N–H and O–H groups in total. The van der Waals surface area contributed by atoms with Gasteiger partial charge in [0.15, 0.2) is 0 Å². The molecule has 6 nitrogen and oxygen atoms in total. The summed E-state index contributed by atoms with van der Waals surface area (Å²) in [5, 5.41) is 3.49. The minimum absolute atomic E-state index is 0.117. The minimum atomic E-state index is -0.524. The molecule has 0 bridgehead atoms. The van der Waals surface area contributed by atoms with Gasteiger partial charge in [-0.15, -0.1) is 0 Å². The topological polar surface area (TPSA) is 72.7 Å². The summed E-state index contributed by atoms with van der Waals surface area (Å²) in [6.45, 7) is 4.39. The van der Waals surface area contributed by atoms with E-state index in [1.165, 1.54) is 0 Å². The van der Waals surface area contributed by atoms with Crippen molar-refractivity contribution in [3.8, 4) is 16.9 Å². The number of hydrogen-bond donors (Lipinski definition) is 1. The van der Waals surface area contributed by atoms with Gasteiger partial charge in [0.05, 0.1) is 25.3 Å². The fraction of sp³-hybridized carbons (Fsp3) is 0.269. The second-order valence-electron chi connectivity index (χ2n) is 8.11. The van der Waals surface area contributed by atoms with Crippen molar-refractivity contribution in [2.45, 2.75) is 26.3 Å². The summed E-state index contributed by atoms with van der Waals surface area (Å²) in [4.78, 5) is 30.3. The van der Waals surface area contributed by atoms with E-state index in [-0.39, 0.29) is 17.9 Å². The normalized spacial score (nSPS) is 14.6. The highest BCUT2D eigenvalue weighted by molar-refractivity contribution is 6.31. The first-order valence-electron chi connectivity index (χ1n) is 10.8. The van der Waals surface area contributed by atoms with Crippen LogP contribution in [0.1, 0.15) is 41.6 Å². The second-order valence-corrected chi connectivity index (χ2v) is 8.55. The molecule has 1 unspecified atom stereocenters. The van der Waals surface area contributed by atoms with Crippen LogP contribution in [-0.2, 0) is 11.8 Å². The van der Waals surface area contributed by atoms with Gasteiger partial charge in [0.1, 0.15) is 5.75 Å². The highest BCUT2D eigenvalue weighted by Crippen LogP contribution is 2.40. The predicted octanol–water partition coefficient (Wildman–Crippen LogP) is 4.44. The minimum Gasteiger partial charge on any atom is -0.497 e. The number of aryl methyl sites for hydroxylation is 2. The highest BCUT2D eigenvalue weighted by atomic mass is 35.5. The summed E-state index contributed by atoms with van der Waals surface area (Å²) in [7, 11) is 3.35. The third-order valence-corrected chi connectivity index (χ3v) is 6.11. The zero-order valence-electron chi connectivity index (χ0n) is 19.1. The molecule has 7 heteroatoms. The number of pyridine rings is 1. The summed E-state index contributed by atoms with van der Waals surface area (Å²) in [6.07, 6.45) is 1.95. The van der Waals surface area contributed by atoms with E-state index in [4.69, 9.17) is 21.3 Å². The Morgan fingerprint density at radius 3 is 2.58 bits per heavy atom. The second kappa shape index (κ2) is 9.24. The fourth-order valence-electron chi connectivity index (χ4n) is 4.23. The fourth-order valence-corrected chi connectivity index (χ4v) is 4.46. The zero-order chi connectivity index (χ0) is 23.7. The number of aliphatic imine (C=N–C) groups is 1. The Hall–Kier alpha value is -3.38. The number of aromatic nitrogens is 1. The van der Waals surface area contributed by atoms with Gasteiger partial charge in [0.25, 0.3) is 5.56 Å². The lowest BCUT2D eigenvalue weighted by Gasteiger charge is -2.16. The Balaban J connectivity index is 2.05. The largest absolute Gasteiger partial charge is 0.497 e. The SMILES string of the molecule is CCNC(=O)CC1N=C(c2ccc(Cl)cc2C)c2cc(OC)ccc2-c2cn(C)c(=O)cc21. The smallest absolute Gasteiger partial charge is 0.250 e. The van der Waals surface area contributed by atoms with E-state index in [0.717, 1.165) is 39.1 Å². The maximum Gasteiger partial charge on any atom is 0.250 e. The molecule has 4 rings (SSSR count). The van der Waals surface area contributed by atoms with Crippen molar-refractivity contribution < 1.29 is 9.53 Å². The molecule has 3 aromatic rings. The van der Waals surface area contributed by atoms with E-state index in [1.807, 2.05) is 56.4 Å². The van der Waals surface area contributed by atoms with Gasteiger partial charge in [0.2, 0.25) is 5.91 Å². The number of fused-ring (bicyclic) bond motifs is 3. The van der Waals surface area contributed by atoms with Crippen molar-refractivity contribution in [1.29, 1.82) is 0 Å². The van der Waals surface area contributed by atoms with Crippen molar-refractivity contribution in [1.82, 2.24) is 9.88 Å². The van der Waals surface area contributed by atoms with Crippen molar-refractivity contribution in [2.24, 2.45) is 12.0 Å². The summed E-state index contributed by atoms with van der Waals surface area (Å²) < 4.78 is 7.06. The van der Waals surface area contributed by atoms with Crippen LogP contribution in [0.15, 0.2) is 58.4 Å². The molecule has 33 heavy (non-hydrogen) atoms. The number of carbonyl (C=O) groups is 1. The van der Waals surface area contributed by atoms with Gasteiger partial charge in [0, 0.05) is 47.6 Å². The first-order chi connectivity index (χ1) is 15.8. The Morgan fingerprint density at radius 1 is 1.12 bits per heavy atom. The number of amides is 1. The van der Waals surface area contributed by atoms with Gasteiger partial charge in [-0.1, -0.05) is 17.7 Å². The van der Waals surface area contributed by atoms with Crippen LogP contribution in [0, 0.1) is 6.92 Å². The molecule has 0 fully saturated rings. The Morgan fingerprint density at radius 2 is 1.88 bits per heavy atom. The number of halogens is 1. The van der Waals surface area contributed by atoms with Gasteiger partial charge < -0.3 is 14.6 Å². The number of hydrogen-bond acceptors (Lipinski definition) is 4. The number of rotatable bonds is 5. The van der Waals surface area contributed by atoms with Gasteiger partial charge >= 0.3 is 0 Å². The average molecular weight is 464 g/mol. The van der Waals surface area contributed by atoms with Crippen LogP contribution in [0.4, 0.5) is 0 Å². The molecule has 1 aliphatic rings. The molecule has 2 aromatic carbocycles. The van der Waals surface area contributed by atoms with Crippen LogP contribution in [0.3, 0.4) is 0 Å². The molecule has 2 heterocycles. The Kier molecular flexibility index (Phi) is 6.38. The van der Waals surface area contributed by atoms with Crippen LogP contribution in [0.25, 0.3) is 11.1 Å². The van der Waals surface area contributed by atoms with Crippen LogP contribution >= 0.6 is 11.6 Å². The quantitative estimate of drug-likeness (QED) is 0.608. The number of carbonyl (C=O) groups excluding carboxylic acids is 1. The van der Waals surface area contributed by atoms with E-state index >= 15 is 0 Å². The molecule has 0 spiro atoms. The van der Waals surface area contributed by atoms with Crippen molar-refractivity contribution in [3.05, 3.63) is 86.3 Å². The maximum absolute atomic E-state index is 12.6. The summed E-state index contributed by atoms with van der Waals surface area (Å²) in [6, 6.07) is 12.6. The highest BCUT2D eigenvalue weighted by Gasteiger charge is 2.28. The lowest BCUT2D eigenvalue weighted by Crippen LogP contribution is -2.25. The molecule has 0 radical (unpaired) electrons. The summed E-state index contributed by atoms with van der Waals surface area (Å²) in [5.74, 6) is 0.579. The Labute approximate surface area is 197 Å². The third kappa shape index (κ3) is 4.44. The molecule has 1 aromatic heterocycles. The van der Waals surface area contributed by atoms with Crippen LogP contribution in [0.2, 0.25) is 5.02 Å². The zero-order valence-corrected chi connectivity index (χ0v) is 19.9. The third-order valence-electron chi connectivity index (χ3n) is 5.87. The van der Waals surface area contributed by atoms with Crippen molar-refractivity contribution >= 4 is 23.2 Å². The van der Waals surface area contributed by atoms with E-state index in [9.17, 15) is 9.59 Å². The average Bonchev–Trinajstić information content (AvgIpc) is 2.89. The van der Waals surface area contributed by atoms with Crippen molar-refractivity contribution in [2.75, 3.05) is 13.7 Å². The van der Waals surface area contributed by atoms with Gasteiger partial charge in [-0.2, -0.15) is 0 Å². The van der Waals surface area contributed by atoms with Crippen LogP contribution in [0.5, 0.6) is 5.75 Å². The molecule has 0 saturated carbocycles. The molecular formula is C26H26ClN3O3. The van der Waals surface area contributed by atoms with Crippen LogP contribution < -0.4 is 15.6 Å². The van der Waals surface area contributed by atoms with Gasteiger partial charge in [-0.05, 0) is 60.9 Å². The number of methoxy groups -OCH3 is 1.